The lowest BCUT2D eigenvalue weighted by molar-refractivity contribution is -0.135. The van der Waals surface area contributed by atoms with Crippen molar-refractivity contribution >= 4 is 5.91 Å². The molecule has 21 heavy (non-hydrogen) atoms. The maximum atomic E-state index is 12.8. The Morgan fingerprint density at radius 2 is 1.86 bits per heavy atom. The van der Waals surface area contributed by atoms with E-state index in [0.29, 0.717) is 11.9 Å². The van der Waals surface area contributed by atoms with Crippen molar-refractivity contribution < 1.29 is 4.79 Å². The third kappa shape index (κ3) is 3.11. The van der Waals surface area contributed by atoms with Gasteiger partial charge in [0.05, 0.1) is 5.92 Å². The van der Waals surface area contributed by atoms with Gasteiger partial charge in [0.2, 0.25) is 5.91 Å². The van der Waals surface area contributed by atoms with E-state index in [1.54, 1.807) is 0 Å². The van der Waals surface area contributed by atoms with Crippen molar-refractivity contribution in [2.45, 2.75) is 25.3 Å². The molecule has 1 aromatic carbocycles. The molecular formula is C17H25N3O. The summed E-state index contributed by atoms with van der Waals surface area (Å²) in [7, 11) is 0. The van der Waals surface area contributed by atoms with Crippen LogP contribution >= 0.6 is 0 Å². The summed E-state index contributed by atoms with van der Waals surface area (Å²) in [6.07, 6.45) is 0.871. The highest BCUT2D eigenvalue weighted by atomic mass is 16.2. The lowest BCUT2D eigenvalue weighted by Crippen LogP contribution is -2.62. The van der Waals surface area contributed by atoms with Crippen molar-refractivity contribution in [2.24, 2.45) is 0 Å². The van der Waals surface area contributed by atoms with Crippen molar-refractivity contribution in [3.05, 3.63) is 35.9 Å². The third-order valence-corrected chi connectivity index (χ3v) is 4.81. The summed E-state index contributed by atoms with van der Waals surface area (Å²) >= 11 is 0. The summed E-state index contributed by atoms with van der Waals surface area (Å²) in [6.45, 7) is 8.10. The second-order valence-corrected chi connectivity index (χ2v) is 6.04. The van der Waals surface area contributed by atoms with E-state index < -0.39 is 0 Å². The number of carbonyl (C=O) groups is 1. The summed E-state index contributed by atoms with van der Waals surface area (Å²) in [5, 5.41) is 3.32. The normalized spacial score (nSPS) is 21.9. The van der Waals surface area contributed by atoms with Gasteiger partial charge in [0, 0.05) is 45.3 Å². The average molecular weight is 287 g/mol. The molecule has 0 spiro atoms. The highest BCUT2D eigenvalue weighted by Crippen LogP contribution is 2.23. The largest absolute Gasteiger partial charge is 0.340 e. The van der Waals surface area contributed by atoms with Crippen molar-refractivity contribution in [2.75, 3.05) is 39.3 Å². The van der Waals surface area contributed by atoms with Gasteiger partial charge < -0.3 is 10.2 Å². The maximum absolute atomic E-state index is 12.8. The predicted molar refractivity (Wildman–Crippen MR) is 84.3 cm³/mol. The van der Waals surface area contributed by atoms with Crippen molar-refractivity contribution in [3.63, 3.8) is 0 Å². The van der Waals surface area contributed by atoms with E-state index in [4.69, 9.17) is 0 Å². The lowest BCUT2D eigenvalue weighted by atomic mass is 9.94. The van der Waals surface area contributed by atoms with Crippen LogP contribution in [0.15, 0.2) is 30.3 Å². The number of benzene rings is 1. The summed E-state index contributed by atoms with van der Waals surface area (Å²) in [5.41, 5.74) is 1.15. The van der Waals surface area contributed by atoms with Crippen LogP contribution in [0.5, 0.6) is 0 Å². The molecule has 0 bridgehead atoms. The highest BCUT2D eigenvalue weighted by Gasteiger charge is 2.31. The molecule has 2 heterocycles. The average Bonchev–Trinajstić information content (AvgIpc) is 2.48. The zero-order valence-corrected chi connectivity index (χ0v) is 12.8. The molecule has 2 fully saturated rings. The van der Waals surface area contributed by atoms with E-state index in [0.717, 1.165) is 51.3 Å². The molecule has 2 saturated heterocycles. The van der Waals surface area contributed by atoms with E-state index >= 15 is 0 Å². The van der Waals surface area contributed by atoms with Crippen molar-refractivity contribution in [3.8, 4) is 0 Å². The van der Waals surface area contributed by atoms with Crippen LogP contribution < -0.4 is 5.32 Å². The van der Waals surface area contributed by atoms with Crippen LogP contribution in [0.1, 0.15) is 24.8 Å². The van der Waals surface area contributed by atoms with Gasteiger partial charge in [0.15, 0.2) is 0 Å². The molecular weight excluding hydrogens is 262 g/mol. The van der Waals surface area contributed by atoms with Gasteiger partial charge in [-0.05, 0) is 12.0 Å². The van der Waals surface area contributed by atoms with Crippen LogP contribution in [0.25, 0.3) is 0 Å². The van der Waals surface area contributed by atoms with Gasteiger partial charge in [-0.15, -0.1) is 0 Å². The minimum absolute atomic E-state index is 0.0168. The molecule has 0 saturated carbocycles. The molecule has 1 unspecified atom stereocenters. The van der Waals surface area contributed by atoms with E-state index in [2.05, 4.69) is 34.2 Å². The third-order valence-electron chi connectivity index (χ3n) is 4.81. The fraction of sp³-hybridized carbons (Fsp3) is 0.588. The molecule has 114 valence electrons. The molecule has 1 N–H and O–H groups in total. The monoisotopic (exact) mass is 287 g/mol. The Balaban J connectivity index is 1.59. The number of nitrogens with one attached hydrogen (secondary N) is 1. The Hall–Kier alpha value is -1.39. The Labute approximate surface area is 127 Å². The smallest absolute Gasteiger partial charge is 0.230 e. The van der Waals surface area contributed by atoms with Gasteiger partial charge >= 0.3 is 0 Å². The zero-order chi connectivity index (χ0) is 14.7. The SMILES string of the molecule is CCC(C(=O)N1CCN(C2CNC2)CC1)c1ccccc1. The topological polar surface area (TPSA) is 35.6 Å². The standard InChI is InChI=1S/C17H25N3O/c1-2-16(14-6-4-3-5-7-14)17(21)20-10-8-19(9-11-20)15-12-18-13-15/h3-7,15-16,18H,2,8-13H2,1H3. The molecule has 1 amide bonds. The number of amides is 1. The van der Waals surface area contributed by atoms with Crippen LogP contribution in [0.4, 0.5) is 0 Å². The second kappa shape index (κ2) is 6.58. The first-order valence-corrected chi connectivity index (χ1v) is 8.08. The summed E-state index contributed by atoms with van der Waals surface area (Å²) < 4.78 is 0. The van der Waals surface area contributed by atoms with Crippen LogP contribution in [0.2, 0.25) is 0 Å². The van der Waals surface area contributed by atoms with Crippen molar-refractivity contribution in [1.29, 1.82) is 0 Å². The number of carbonyl (C=O) groups excluding carboxylic acids is 1. The number of piperazine rings is 1. The number of nitrogens with zero attached hydrogens (tertiary/aromatic N) is 2. The fourth-order valence-corrected chi connectivity index (χ4v) is 3.30. The van der Waals surface area contributed by atoms with Gasteiger partial charge in [-0.3, -0.25) is 9.69 Å². The lowest BCUT2D eigenvalue weighted by Gasteiger charge is -2.43. The quantitative estimate of drug-likeness (QED) is 0.906. The Bertz CT molecular complexity index is 464. The molecule has 1 atom stereocenters. The van der Waals surface area contributed by atoms with Gasteiger partial charge in [-0.25, -0.2) is 0 Å². The fourth-order valence-electron chi connectivity index (χ4n) is 3.30. The summed E-state index contributed by atoms with van der Waals surface area (Å²) in [5.74, 6) is 0.318. The molecule has 0 aliphatic carbocycles. The van der Waals surface area contributed by atoms with E-state index in [1.165, 1.54) is 0 Å². The molecule has 2 aliphatic heterocycles. The van der Waals surface area contributed by atoms with Crippen LogP contribution in [-0.4, -0.2) is 61.0 Å². The van der Waals surface area contributed by atoms with Crippen LogP contribution in [0, 0.1) is 0 Å². The summed E-state index contributed by atoms with van der Waals surface area (Å²) in [4.78, 5) is 17.4. The highest BCUT2D eigenvalue weighted by molar-refractivity contribution is 5.83. The number of hydrogen-bond acceptors (Lipinski definition) is 3. The molecule has 0 aromatic heterocycles. The number of rotatable bonds is 4. The van der Waals surface area contributed by atoms with Gasteiger partial charge in [0.1, 0.15) is 0 Å². The van der Waals surface area contributed by atoms with Crippen LogP contribution in [-0.2, 0) is 4.79 Å². The Kier molecular flexibility index (Phi) is 4.56. The Morgan fingerprint density at radius 3 is 2.38 bits per heavy atom. The molecule has 4 heteroatoms. The molecule has 3 rings (SSSR count). The Morgan fingerprint density at radius 1 is 1.19 bits per heavy atom. The molecule has 1 aromatic rings. The van der Waals surface area contributed by atoms with Gasteiger partial charge in [-0.1, -0.05) is 37.3 Å². The molecule has 2 aliphatic rings. The van der Waals surface area contributed by atoms with Gasteiger partial charge in [0.25, 0.3) is 0 Å². The second-order valence-electron chi connectivity index (χ2n) is 6.04. The maximum Gasteiger partial charge on any atom is 0.230 e. The van der Waals surface area contributed by atoms with E-state index in [-0.39, 0.29) is 5.92 Å². The zero-order valence-electron chi connectivity index (χ0n) is 12.8. The molecule has 4 nitrogen and oxygen atoms in total. The first-order chi connectivity index (χ1) is 10.3. The minimum Gasteiger partial charge on any atom is -0.340 e. The minimum atomic E-state index is 0.0168. The first kappa shape index (κ1) is 14.5. The summed E-state index contributed by atoms with van der Waals surface area (Å²) in [6, 6.07) is 10.9. The molecule has 0 radical (unpaired) electrons. The van der Waals surface area contributed by atoms with Gasteiger partial charge in [-0.2, -0.15) is 0 Å². The van der Waals surface area contributed by atoms with E-state index in [1.807, 2.05) is 18.2 Å². The van der Waals surface area contributed by atoms with Crippen molar-refractivity contribution in [1.82, 2.24) is 15.1 Å². The first-order valence-electron chi connectivity index (χ1n) is 8.08. The van der Waals surface area contributed by atoms with Crippen LogP contribution in [0.3, 0.4) is 0 Å². The van der Waals surface area contributed by atoms with E-state index in [9.17, 15) is 4.79 Å². The number of hydrogen-bond donors (Lipinski definition) is 1. The predicted octanol–water partition coefficient (Wildman–Crippen LogP) is 1.30.